The number of imide groups is 1. The van der Waals surface area contributed by atoms with E-state index in [0.29, 0.717) is 78.5 Å². The number of hydrogen-bond acceptors (Lipinski definition) is 13. The normalized spacial score (nSPS) is 16.1. The topological polar surface area (TPSA) is 272 Å². The highest BCUT2D eigenvalue weighted by Crippen LogP contribution is 2.46. The van der Waals surface area contributed by atoms with Gasteiger partial charge in [-0.15, -0.1) is 0 Å². The molecule has 2 aromatic carbocycles. The number of ether oxygens (including phenoxy) is 2. The summed E-state index contributed by atoms with van der Waals surface area (Å²) in [6.45, 7) is 1.92. The van der Waals surface area contributed by atoms with Crippen molar-refractivity contribution < 1.29 is 62.1 Å². The first-order chi connectivity index (χ1) is 33.5. The maximum atomic E-state index is 15.3. The molecule has 0 bridgehead atoms. The number of fused-ring (bicyclic) bond motifs is 2. The Bertz CT molecular complexity index is 2650. The molecule has 6 N–H and O–H groups in total. The highest BCUT2D eigenvalue weighted by molar-refractivity contribution is 6.12. The minimum Gasteiger partial charge on any atom is -0.450 e. The molecular formula is C49H55FN8O12. The number of aromatic nitrogens is 1. The SMILES string of the molecule is CC(/C=C1/c2nc3cc(F)c(C)c4c3c(c2CN1C)C(OCNC(=O)CNC(=O)C(Cc1ccccc1)NC(=O)CNC(=O)CNC(=O)CCCCCN1C(=O)C=CC1=O)CC4)=C(/C=O)COC(=O)O. The smallest absolute Gasteiger partial charge is 0.450 e. The van der Waals surface area contributed by atoms with E-state index >= 15 is 4.39 Å². The van der Waals surface area contributed by atoms with Crippen molar-refractivity contribution in [2.75, 3.05) is 46.6 Å². The van der Waals surface area contributed by atoms with Crippen LogP contribution in [0, 0.1) is 12.7 Å². The second-order valence-corrected chi connectivity index (χ2v) is 17.0. The fourth-order valence-electron chi connectivity index (χ4n) is 8.40. The highest BCUT2D eigenvalue weighted by Gasteiger charge is 2.35. The van der Waals surface area contributed by atoms with E-state index in [9.17, 15) is 43.2 Å². The van der Waals surface area contributed by atoms with Gasteiger partial charge >= 0.3 is 6.16 Å². The Morgan fingerprint density at radius 1 is 0.914 bits per heavy atom. The van der Waals surface area contributed by atoms with Gasteiger partial charge in [-0.05, 0) is 73.4 Å². The number of nitrogens with one attached hydrogen (secondary N) is 5. The van der Waals surface area contributed by atoms with Gasteiger partial charge in [-0.2, -0.15) is 0 Å². The first-order valence-corrected chi connectivity index (χ1v) is 22.7. The first-order valence-electron chi connectivity index (χ1n) is 22.7. The van der Waals surface area contributed by atoms with Gasteiger partial charge in [-0.25, -0.2) is 14.2 Å². The molecule has 2 aliphatic heterocycles. The number of hydrogen-bond donors (Lipinski definition) is 6. The average Bonchev–Trinajstić information content (AvgIpc) is 3.83. The maximum Gasteiger partial charge on any atom is 0.506 e. The van der Waals surface area contributed by atoms with Gasteiger partial charge in [0.05, 0.1) is 42.6 Å². The summed E-state index contributed by atoms with van der Waals surface area (Å²) in [5, 5.41) is 22.4. The van der Waals surface area contributed by atoms with Crippen LogP contribution in [0.5, 0.6) is 0 Å². The molecule has 1 aromatic heterocycles. The van der Waals surface area contributed by atoms with Crippen LogP contribution in [0.3, 0.4) is 0 Å². The fraction of sp³-hybridized carbons (Fsp3) is 0.388. The van der Waals surface area contributed by atoms with Gasteiger partial charge in [0.1, 0.15) is 31.5 Å². The lowest BCUT2D eigenvalue weighted by Crippen LogP contribution is -2.52. The van der Waals surface area contributed by atoms with Crippen LogP contribution >= 0.6 is 0 Å². The van der Waals surface area contributed by atoms with E-state index in [-0.39, 0.29) is 43.5 Å². The Hall–Kier alpha value is -7.81. The van der Waals surface area contributed by atoms with Crippen molar-refractivity contribution in [1.29, 1.82) is 0 Å². The zero-order chi connectivity index (χ0) is 50.5. The van der Waals surface area contributed by atoms with Gasteiger partial charge in [0, 0.05) is 67.7 Å². The largest absolute Gasteiger partial charge is 0.506 e. The molecule has 2 unspecified atom stereocenters. The molecule has 0 radical (unpaired) electrons. The second kappa shape index (κ2) is 24.0. The molecule has 3 heterocycles. The molecule has 370 valence electrons. The Morgan fingerprint density at radius 3 is 2.31 bits per heavy atom. The van der Waals surface area contributed by atoms with Crippen LogP contribution in [-0.4, -0.2) is 126 Å². The number of allylic oxidation sites excluding steroid dienone is 2. The number of benzene rings is 2. The number of rotatable bonds is 23. The Kier molecular flexibility index (Phi) is 17.7. The van der Waals surface area contributed by atoms with Crippen molar-refractivity contribution in [2.45, 2.75) is 77.5 Å². The Balaban J connectivity index is 1.01. The van der Waals surface area contributed by atoms with Crippen LogP contribution in [0.15, 0.2) is 65.8 Å². The Labute approximate surface area is 402 Å². The van der Waals surface area contributed by atoms with Gasteiger partial charge in [0.25, 0.3) is 11.8 Å². The number of aldehydes is 1. The van der Waals surface area contributed by atoms with Gasteiger partial charge in [0.15, 0.2) is 0 Å². The van der Waals surface area contributed by atoms with Crippen molar-refractivity contribution in [3.05, 3.63) is 105 Å². The van der Waals surface area contributed by atoms with Crippen molar-refractivity contribution in [1.82, 2.24) is 41.4 Å². The van der Waals surface area contributed by atoms with Crippen molar-refractivity contribution in [2.24, 2.45) is 0 Å². The molecule has 21 heteroatoms. The summed E-state index contributed by atoms with van der Waals surface area (Å²) in [5.41, 5.74) is 5.69. The molecular weight excluding hydrogens is 912 g/mol. The van der Waals surface area contributed by atoms with Crippen molar-refractivity contribution in [3.63, 3.8) is 0 Å². The van der Waals surface area contributed by atoms with Gasteiger partial charge in [-0.3, -0.25) is 43.3 Å². The number of carbonyl (C=O) groups is 9. The summed E-state index contributed by atoms with van der Waals surface area (Å²) in [6.07, 6.45) is 5.22. The fourth-order valence-corrected chi connectivity index (χ4v) is 8.40. The lowest BCUT2D eigenvalue weighted by atomic mass is 9.83. The molecule has 0 saturated carbocycles. The number of nitrogens with zero attached hydrogens (tertiary/aromatic N) is 3. The van der Waals surface area contributed by atoms with E-state index in [1.165, 1.54) is 18.2 Å². The zero-order valence-electron chi connectivity index (χ0n) is 39.0. The highest BCUT2D eigenvalue weighted by atomic mass is 19.1. The number of carbonyl (C=O) groups excluding carboxylic acids is 8. The van der Waals surface area contributed by atoms with E-state index in [1.54, 1.807) is 50.3 Å². The second-order valence-electron chi connectivity index (χ2n) is 17.0. The third-order valence-corrected chi connectivity index (χ3v) is 12.1. The van der Waals surface area contributed by atoms with Gasteiger partial charge in [0.2, 0.25) is 29.5 Å². The minimum absolute atomic E-state index is 0.0608. The van der Waals surface area contributed by atoms with E-state index in [1.807, 2.05) is 11.9 Å². The van der Waals surface area contributed by atoms with E-state index in [0.717, 1.165) is 27.0 Å². The van der Waals surface area contributed by atoms with Crippen LogP contribution < -0.4 is 26.6 Å². The summed E-state index contributed by atoms with van der Waals surface area (Å²) in [6, 6.07) is 9.07. The molecule has 0 fully saturated rings. The van der Waals surface area contributed by atoms with Crippen LogP contribution in [0.2, 0.25) is 0 Å². The molecule has 1 aliphatic carbocycles. The van der Waals surface area contributed by atoms with Gasteiger partial charge in [-0.1, -0.05) is 36.8 Å². The summed E-state index contributed by atoms with van der Waals surface area (Å²) >= 11 is 0. The molecule has 0 spiro atoms. The lowest BCUT2D eigenvalue weighted by Gasteiger charge is -2.29. The van der Waals surface area contributed by atoms with E-state index in [2.05, 4.69) is 31.3 Å². The number of halogens is 1. The zero-order valence-corrected chi connectivity index (χ0v) is 39.0. The predicted octanol–water partition coefficient (Wildman–Crippen LogP) is 2.32. The first kappa shape index (κ1) is 51.6. The van der Waals surface area contributed by atoms with Crippen LogP contribution in [-0.2, 0) is 67.2 Å². The minimum atomic E-state index is -1.53. The van der Waals surface area contributed by atoms with Crippen molar-refractivity contribution in [3.8, 4) is 0 Å². The van der Waals surface area contributed by atoms with E-state index in [4.69, 9.17) is 14.8 Å². The van der Waals surface area contributed by atoms with Gasteiger partial charge < -0.3 is 46.1 Å². The van der Waals surface area contributed by atoms with Crippen LogP contribution in [0.4, 0.5) is 9.18 Å². The molecule has 2 atom stereocenters. The lowest BCUT2D eigenvalue weighted by molar-refractivity contribution is -0.137. The Morgan fingerprint density at radius 2 is 1.60 bits per heavy atom. The third-order valence-electron chi connectivity index (χ3n) is 12.1. The molecule has 6 rings (SSSR count). The molecule has 7 amide bonds. The monoisotopic (exact) mass is 966 g/mol. The quantitative estimate of drug-likeness (QED) is 0.0199. The molecule has 20 nitrogen and oxygen atoms in total. The van der Waals surface area contributed by atoms with E-state index < -0.39 is 79.9 Å². The number of aryl methyl sites for hydroxylation is 1. The number of amides is 7. The molecule has 70 heavy (non-hydrogen) atoms. The molecule has 0 saturated heterocycles. The average molecular weight is 967 g/mol. The standard InChI is InChI=1S/C49H55FN8O12/c1-28(31(25-59)26-69-49(67)68)18-37-47-33(24-57(37)3)46-38(14-13-32-29(2)34(50)20-35(56-47)45(32)46)70-27-54-41(62)22-53-48(66)36(19-30-10-6-4-7-11-30)55-42(63)23-52-40(61)21-51-39(60)12-8-5-9-17-58-43(64)15-16-44(58)65/h4,6-7,10-11,15-16,18,20,25,36,38H,5,8-9,12-14,17,19,21-24,26-27H2,1-3H3,(H,51,60)(H,52,61)(H,53,66)(H,54,62)(H,55,63)(H,67,68)/b31-28+,37-18-. The maximum absolute atomic E-state index is 15.3. The van der Waals surface area contributed by atoms with Crippen LogP contribution in [0.1, 0.15) is 78.6 Å². The molecule has 3 aromatic rings. The predicted molar refractivity (Wildman–Crippen MR) is 249 cm³/mol. The number of pyridine rings is 1. The summed E-state index contributed by atoms with van der Waals surface area (Å²) in [7, 11) is 1.82. The number of carboxylic acid groups (broad SMARTS) is 1. The summed E-state index contributed by atoms with van der Waals surface area (Å²) in [4.78, 5) is 118. The van der Waals surface area contributed by atoms with Crippen LogP contribution in [0.25, 0.3) is 16.6 Å². The summed E-state index contributed by atoms with van der Waals surface area (Å²) < 4.78 is 26.2. The van der Waals surface area contributed by atoms with Crippen molar-refractivity contribution >= 4 is 70.4 Å². The molecule has 3 aliphatic rings. The third kappa shape index (κ3) is 13.2. The summed E-state index contributed by atoms with van der Waals surface area (Å²) in [5.74, 6) is -4.14. The number of unbranched alkanes of at least 4 members (excludes halogenated alkanes) is 2.